The molecule has 0 radical (unpaired) electrons. The lowest BCUT2D eigenvalue weighted by atomic mass is 10.1. The number of benzene rings is 1. The summed E-state index contributed by atoms with van der Waals surface area (Å²) in [6.45, 7) is 5.60. The first kappa shape index (κ1) is 19.6. The fourth-order valence-corrected chi connectivity index (χ4v) is 4.94. The number of nitrogens with zero attached hydrogens (tertiary/aromatic N) is 2. The minimum atomic E-state index is -2.82. The molecule has 0 saturated carbocycles. The molecule has 1 fully saturated rings. The third-order valence-electron chi connectivity index (χ3n) is 4.51. The molecule has 0 aromatic heterocycles. The van der Waals surface area contributed by atoms with Gasteiger partial charge in [-0.15, -0.1) is 0 Å². The molecule has 1 aliphatic rings. The van der Waals surface area contributed by atoms with E-state index in [2.05, 4.69) is 51.7 Å². The predicted octanol–water partition coefficient (Wildman–Crippen LogP) is 1.50. The van der Waals surface area contributed by atoms with E-state index in [0.29, 0.717) is 18.1 Å². The molecule has 1 unspecified atom stereocenters. The maximum Gasteiger partial charge on any atom is 0.190 e. The first-order valence-corrected chi connectivity index (χ1v) is 10.8. The van der Waals surface area contributed by atoms with Gasteiger partial charge < -0.3 is 15.5 Å². The molecule has 0 bridgehead atoms. The monoisotopic (exact) mass is 366 g/mol. The van der Waals surface area contributed by atoms with Crippen molar-refractivity contribution in [2.75, 3.05) is 49.6 Å². The first-order chi connectivity index (χ1) is 12.0. The summed E-state index contributed by atoms with van der Waals surface area (Å²) in [6, 6.07) is 10.4. The molecule has 1 atom stereocenters. The van der Waals surface area contributed by atoms with Crippen LogP contribution in [-0.4, -0.2) is 59.1 Å². The van der Waals surface area contributed by atoms with Gasteiger partial charge in [0.15, 0.2) is 15.8 Å². The number of sulfone groups is 1. The highest BCUT2D eigenvalue weighted by Gasteiger charge is 2.27. The van der Waals surface area contributed by atoms with E-state index in [-0.39, 0.29) is 5.92 Å². The van der Waals surface area contributed by atoms with Crippen LogP contribution in [0.25, 0.3) is 0 Å². The second kappa shape index (κ2) is 9.65. The van der Waals surface area contributed by atoms with Crippen LogP contribution in [0.5, 0.6) is 0 Å². The number of nitrogens with one attached hydrogen (secondary N) is 2. The Morgan fingerprint density at radius 1 is 1.28 bits per heavy atom. The van der Waals surface area contributed by atoms with Gasteiger partial charge in [-0.2, -0.15) is 0 Å². The summed E-state index contributed by atoms with van der Waals surface area (Å²) in [5, 5.41) is 6.55. The summed E-state index contributed by atoms with van der Waals surface area (Å²) in [5.41, 5.74) is 1.25. The molecule has 140 valence electrons. The SMILES string of the molecule is CCN(CCCNC(=NC)NCC1CCS(=O)(=O)C1)c1ccccc1. The van der Waals surface area contributed by atoms with E-state index in [9.17, 15) is 8.42 Å². The van der Waals surface area contributed by atoms with Gasteiger partial charge in [0.2, 0.25) is 0 Å². The van der Waals surface area contributed by atoms with Crippen molar-refractivity contribution < 1.29 is 8.42 Å². The second-order valence-electron chi connectivity index (χ2n) is 6.42. The number of rotatable bonds is 8. The lowest BCUT2D eigenvalue weighted by Crippen LogP contribution is -2.41. The van der Waals surface area contributed by atoms with Crippen molar-refractivity contribution in [2.45, 2.75) is 19.8 Å². The summed E-state index contributed by atoms with van der Waals surface area (Å²) >= 11 is 0. The molecule has 7 heteroatoms. The molecule has 1 aromatic carbocycles. The Labute approximate surface area is 151 Å². The Hall–Kier alpha value is -1.76. The molecular weight excluding hydrogens is 336 g/mol. The molecule has 25 heavy (non-hydrogen) atoms. The van der Waals surface area contributed by atoms with Gasteiger partial charge in [0.25, 0.3) is 0 Å². The maximum atomic E-state index is 11.5. The number of hydrogen-bond donors (Lipinski definition) is 2. The van der Waals surface area contributed by atoms with E-state index in [4.69, 9.17) is 0 Å². The van der Waals surface area contributed by atoms with Gasteiger partial charge in [-0.1, -0.05) is 18.2 Å². The number of para-hydroxylation sites is 1. The maximum absolute atomic E-state index is 11.5. The molecule has 6 nitrogen and oxygen atoms in total. The number of anilines is 1. The Balaban J connectivity index is 1.67. The van der Waals surface area contributed by atoms with Crippen LogP contribution >= 0.6 is 0 Å². The molecule has 0 spiro atoms. The van der Waals surface area contributed by atoms with Gasteiger partial charge in [0, 0.05) is 38.9 Å². The standard InChI is InChI=1S/C18H30N4O2S/c1-3-22(17-8-5-4-6-9-17)12-7-11-20-18(19-2)21-14-16-10-13-25(23,24)15-16/h4-6,8-9,16H,3,7,10-15H2,1-2H3,(H2,19,20,21). The van der Waals surface area contributed by atoms with Gasteiger partial charge in [0.05, 0.1) is 11.5 Å². The van der Waals surface area contributed by atoms with Crippen LogP contribution in [-0.2, 0) is 9.84 Å². The van der Waals surface area contributed by atoms with Crippen LogP contribution in [0.15, 0.2) is 35.3 Å². The number of hydrogen-bond acceptors (Lipinski definition) is 4. The van der Waals surface area contributed by atoms with Crippen LogP contribution in [0.4, 0.5) is 5.69 Å². The second-order valence-corrected chi connectivity index (χ2v) is 8.65. The van der Waals surface area contributed by atoms with Gasteiger partial charge in [0.1, 0.15) is 0 Å². The minimum Gasteiger partial charge on any atom is -0.372 e. The molecule has 0 amide bonds. The van der Waals surface area contributed by atoms with Crippen LogP contribution < -0.4 is 15.5 Å². The number of aliphatic imine (C=N–C) groups is 1. The molecule has 1 aromatic rings. The van der Waals surface area contributed by atoms with Crippen LogP contribution in [0.2, 0.25) is 0 Å². The van der Waals surface area contributed by atoms with E-state index in [1.807, 2.05) is 6.07 Å². The lowest BCUT2D eigenvalue weighted by molar-refractivity contribution is 0.566. The molecular formula is C18H30N4O2S. The van der Waals surface area contributed by atoms with Crippen LogP contribution in [0.3, 0.4) is 0 Å². The van der Waals surface area contributed by atoms with Crippen molar-refractivity contribution in [3.05, 3.63) is 30.3 Å². The van der Waals surface area contributed by atoms with Crippen molar-refractivity contribution in [3.63, 3.8) is 0 Å². The largest absolute Gasteiger partial charge is 0.372 e. The smallest absolute Gasteiger partial charge is 0.190 e. The van der Waals surface area contributed by atoms with Crippen LogP contribution in [0, 0.1) is 5.92 Å². The average molecular weight is 367 g/mol. The van der Waals surface area contributed by atoms with Gasteiger partial charge in [-0.3, -0.25) is 4.99 Å². The van der Waals surface area contributed by atoms with Crippen molar-refractivity contribution in [1.29, 1.82) is 0 Å². The third kappa shape index (κ3) is 6.57. The lowest BCUT2D eigenvalue weighted by Gasteiger charge is -2.23. The zero-order valence-corrected chi connectivity index (χ0v) is 16.1. The van der Waals surface area contributed by atoms with Crippen molar-refractivity contribution in [3.8, 4) is 0 Å². The van der Waals surface area contributed by atoms with Gasteiger partial charge in [-0.25, -0.2) is 8.42 Å². The topological polar surface area (TPSA) is 73.8 Å². The van der Waals surface area contributed by atoms with Crippen LogP contribution in [0.1, 0.15) is 19.8 Å². The average Bonchev–Trinajstić information content (AvgIpc) is 2.97. The highest BCUT2D eigenvalue weighted by Crippen LogP contribution is 2.17. The third-order valence-corrected chi connectivity index (χ3v) is 6.35. The number of guanidine groups is 1. The molecule has 0 aliphatic carbocycles. The summed E-state index contributed by atoms with van der Waals surface area (Å²) in [6.07, 6.45) is 1.75. The van der Waals surface area contributed by atoms with E-state index in [1.54, 1.807) is 7.05 Å². The van der Waals surface area contributed by atoms with Crippen molar-refractivity contribution in [2.24, 2.45) is 10.9 Å². The molecule has 1 heterocycles. The predicted molar refractivity (Wildman–Crippen MR) is 105 cm³/mol. The van der Waals surface area contributed by atoms with Gasteiger partial charge in [-0.05, 0) is 37.8 Å². The Morgan fingerprint density at radius 3 is 2.64 bits per heavy atom. The summed E-state index contributed by atoms with van der Waals surface area (Å²) in [7, 11) is -1.08. The van der Waals surface area contributed by atoms with Crippen molar-refractivity contribution >= 4 is 21.5 Å². The first-order valence-electron chi connectivity index (χ1n) is 8.99. The molecule has 1 saturated heterocycles. The minimum absolute atomic E-state index is 0.192. The normalized spacial score (nSPS) is 19.6. The summed E-state index contributed by atoms with van der Waals surface area (Å²) in [4.78, 5) is 6.56. The quantitative estimate of drug-likeness (QED) is 0.414. The van der Waals surface area contributed by atoms with Gasteiger partial charge >= 0.3 is 0 Å². The highest BCUT2D eigenvalue weighted by molar-refractivity contribution is 7.91. The molecule has 2 rings (SSSR count). The molecule has 2 N–H and O–H groups in total. The van der Waals surface area contributed by atoms with E-state index < -0.39 is 9.84 Å². The molecule has 1 aliphatic heterocycles. The summed E-state index contributed by atoms with van der Waals surface area (Å²) < 4.78 is 23.0. The van der Waals surface area contributed by atoms with E-state index in [1.165, 1.54) is 5.69 Å². The Morgan fingerprint density at radius 2 is 2.04 bits per heavy atom. The van der Waals surface area contributed by atoms with E-state index in [0.717, 1.165) is 38.4 Å². The zero-order chi connectivity index (χ0) is 18.1. The Bertz CT molecular complexity index is 646. The summed E-state index contributed by atoms with van der Waals surface area (Å²) in [5.74, 6) is 1.54. The van der Waals surface area contributed by atoms with E-state index >= 15 is 0 Å². The highest BCUT2D eigenvalue weighted by atomic mass is 32.2. The van der Waals surface area contributed by atoms with Crippen molar-refractivity contribution in [1.82, 2.24) is 10.6 Å². The fraction of sp³-hybridized carbons (Fsp3) is 0.611. The fourth-order valence-electron chi connectivity index (χ4n) is 3.08. The zero-order valence-electron chi connectivity index (χ0n) is 15.2. The Kier molecular flexibility index (Phi) is 7.55.